The number of aromatic nitrogens is 1. The molecule has 2 atom stereocenters. The van der Waals surface area contributed by atoms with Crippen LogP contribution in [0, 0.1) is 0 Å². The van der Waals surface area contributed by atoms with E-state index in [9.17, 15) is 4.79 Å². The van der Waals surface area contributed by atoms with Gasteiger partial charge in [0.2, 0.25) is 0 Å². The maximum absolute atomic E-state index is 11.0. The lowest BCUT2D eigenvalue weighted by molar-refractivity contribution is -0.898. The minimum atomic E-state index is -0.208. The number of quaternary nitrogens is 1. The van der Waals surface area contributed by atoms with Crippen LogP contribution in [0.3, 0.4) is 0 Å². The summed E-state index contributed by atoms with van der Waals surface area (Å²) in [7, 11) is 0. The monoisotopic (exact) mass is 276 g/mol. The van der Waals surface area contributed by atoms with Crippen molar-refractivity contribution >= 4 is 27.5 Å². The zero-order chi connectivity index (χ0) is 13.2. The van der Waals surface area contributed by atoms with Crippen molar-refractivity contribution in [2.45, 2.75) is 18.8 Å². The van der Waals surface area contributed by atoms with E-state index in [-0.39, 0.29) is 5.91 Å². The fourth-order valence-electron chi connectivity index (χ4n) is 2.83. The lowest BCUT2D eigenvalue weighted by Crippen LogP contribution is -3.14. The molecule has 1 aliphatic heterocycles. The van der Waals surface area contributed by atoms with Gasteiger partial charge < -0.3 is 10.6 Å². The van der Waals surface area contributed by atoms with Crippen LogP contribution in [-0.4, -0.2) is 30.5 Å². The molecule has 2 heterocycles. The maximum atomic E-state index is 11.0. The Bertz CT molecular complexity index is 562. The number of carbonyl (C=O) groups excluding carboxylic acids is 1. The van der Waals surface area contributed by atoms with Crippen molar-refractivity contribution in [2.75, 3.05) is 19.6 Å². The van der Waals surface area contributed by atoms with Gasteiger partial charge in [0.05, 0.1) is 29.2 Å². The van der Waals surface area contributed by atoms with Crippen LogP contribution in [0.25, 0.3) is 10.2 Å². The molecule has 0 aliphatic carbocycles. The van der Waals surface area contributed by atoms with Gasteiger partial charge in [0.1, 0.15) is 5.01 Å². The van der Waals surface area contributed by atoms with E-state index in [1.54, 1.807) is 11.3 Å². The number of nitrogens with zero attached hydrogens (tertiary/aromatic N) is 1. The van der Waals surface area contributed by atoms with Gasteiger partial charge in [0, 0.05) is 0 Å². The Morgan fingerprint density at radius 2 is 2.32 bits per heavy atom. The summed E-state index contributed by atoms with van der Waals surface area (Å²) in [5.41, 5.74) is 6.38. The van der Waals surface area contributed by atoms with Crippen molar-refractivity contribution in [3.8, 4) is 0 Å². The predicted molar refractivity (Wildman–Crippen MR) is 76.4 cm³/mol. The summed E-state index contributed by atoms with van der Waals surface area (Å²) in [5, 5.41) is 1.21. The first-order valence-electron chi connectivity index (χ1n) is 6.69. The van der Waals surface area contributed by atoms with E-state index in [2.05, 4.69) is 18.2 Å². The molecule has 0 bridgehead atoms. The standard InChI is InChI=1S/C14H17N3OS/c15-13(18)9-17-7-3-4-10(8-17)14-16-11-5-1-2-6-12(11)19-14/h1-2,5-6,10H,3-4,7-9H2,(H2,15,18)/p+1/t10-/m1/s1. The largest absolute Gasteiger partial charge is 0.365 e. The Labute approximate surface area is 116 Å². The van der Waals surface area contributed by atoms with E-state index in [0.29, 0.717) is 12.5 Å². The Morgan fingerprint density at radius 3 is 3.11 bits per heavy atom. The number of hydrogen-bond acceptors (Lipinski definition) is 3. The molecular formula is C14H18N3OS+. The minimum Gasteiger partial charge on any atom is -0.365 e. The zero-order valence-corrected chi connectivity index (χ0v) is 11.6. The summed E-state index contributed by atoms with van der Waals surface area (Å²) >= 11 is 1.78. The Hall–Kier alpha value is -1.46. The van der Waals surface area contributed by atoms with E-state index >= 15 is 0 Å². The SMILES string of the molecule is NC(=O)C[NH+]1CCC[C@@H](c2nc3ccccc3s2)C1. The molecule has 0 saturated carbocycles. The Morgan fingerprint density at radius 1 is 1.47 bits per heavy atom. The van der Waals surface area contributed by atoms with Crippen LogP contribution >= 0.6 is 11.3 Å². The number of amides is 1. The molecule has 1 aromatic heterocycles. The molecule has 1 fully saturated rings. The van der Waals surface area contributed by atoms with Crippen molar-refractivity contribution < 1.29 is 9.69 Å². The van der Waals surface area contributed by atoms with Gasteiger partial charge in [-0.05, 0) is 25.0 Å². The molecule has 5 heteroatoms. The van der Waals surface area contributed by atoms with Gasteiger partial charge >= 0.3 is 0 Å². The first-order chi connectivity index (χ1) is 9.22. The van der Waals surface area contributed by atoms with E-state index in [0.717, 1.165) is 25.0 Å². The molecule has 0 radical (unpaired) electrons. The number of nitrogens with two attached hydrogens (primary N) is 1. The number of para-hydroxylation sites is 1. The third kappa shape index (κ3) is 2.77. The van der Waals surface area contributed by atoms with Crippen molar-refractivity contribution in [1.82, 2.24) is 4.98 Å². The van der Waals surface area contributed by atoms with Crippen LogP contribution in [0.1, 0.15) is 23.8 Å². The topological polar surface area (TPSA) is 60.4 Å². The Balaban J connectivity index is 1.79. The van der Waals surface area contributed by atoms with Crippen LogP contribution in [0.15, 0.2) is 24.3 Å². The lowest BCUT2D eigenvalue weighted by atomic mass is 9.99. The van der Waals surface area contributed by atoms with Gasteiger partial charge in [-0.1, -0.05) is 12.1 Å². The number of fused-ring (bicyclic) bond motifs is 1. The third-order valence-corrected chi connectivity index (χ3v) is 4.90. The molecule has 2 aromatic rings. The molecule has 1 unspecified atom stereocenters. The molecule has 19 heavy (non-hydrogen) atoms. The quantitative estimate of drug-likeness (QED) is 0.860. The molecule has 1 amide bonds. The summed E-state index contributed by atoms with van der Waals surface area (Å²) in [6.45, 7) is 2.47. The van der Waals surface area contributed by atoms with Gasteiger partial charge in [-0.2, -0.15) is 0 Å². The number of hydrogen-bond donors (Lipinski definition) is 2. The average molecular weight is 276 g/mol. The predicted octanol–water partition coefficient (Wildman–Crippen LogP) is 0.544. The normalized spacial score (nSPS) is 23.6. The molecule has 3 rings (SSSR count). The number of benzene rings is 1. The first-order valence-corrected chi connectivity index (χ1v) is 7.51. The second-order valence-corrected chi connectivity index (χ2v) is 6.27. The molecule has 0 spiro atoms. The molecule has 3 N–H and O–H groups in total. The van der Waals surface area contributed by atoms with E-state index in [1.807, 2.05) is 6.07 Å². The summed E-state index contributed by atoms with van der Waals surface area (Å²) in [4.78, 5) is 17.1. The summed E-state index contributed by atoms with van der Waals surface area (Å²) in [5.74, 6) is 0.264. The summed E-state index contributed by atoms with van der Waals surface area (Å²) in [6, 6.07) is 8.26. The summed E-state index contributed by atoms with van der Waals surface area (Å²) < 4.78 is 1.25. The van der Waals surface area contributed by atoms with E-state index in [1.165, 1.54) is 21.0 Å². The zero-order valence-electron chi connectivity index (χ0n) is 10.8. The number of nitrogens with one attached hydrogen (secondary N) is 1. The fourth-order valence-corrected chi connectivity index (χ4v) is 3.94. The number of likely N-dealkylation sites (tertiary alicyclic amines) is 1. The smallest absolute Gasteiger partial charge is 0.272 e. The van der Waals surface area contributed by atoms with Crippen LogP contribution in [0.4, 0.5) is 0 Å². The van der Waals surface area contributed by atoms with Crippen molar-refractivity contribution in [3.05, 3.63) is 29.3 Å². The molecule has 4 nitrogen and oxygen atoms in total. The van der Waals surface area contributed by atoms with E-state index in [4.69, 9.17) is 10.7 Å². The van der Waals surface area contributed by atoms with Crippen LogP contribution in [0.5, 0.6) is 0 Å². The van der Waals surface area contributed by atoms with Gasteiger partial charge in [0.25, 0.3) is 5.91 Å². The van der Waals surface area contributed by atoms with Crippen molar-refractivity contribution in [2.24, 2.45) is 5.73 Å². The number of carbonyl (C=O) groups is 1. The highest BCUT2D eigenvalue weighted by molar-refractivity contribution is 7.18. The number of primary amides is 1. The number of thiazole rings is 1. The summed E-state index contributed by atoms with van der Waals surface area (Å²) in [6.07, 6.45) is 2.31. The second-order valence-electron chi connectivity index (χ2n) is 5.21. The van der Waals surface area contributed by atoms with Crippen molar-refractivity contribution in [1.29, 1.82) is 0 Å². The molecule has 1 aromatic carbocycles. The lowest BCUT2D eigenvalue weighted by Gasteiger charge is -2.27. The van der Waals surface area contributed by atoms with Crippen LogP contribution in [-0.2, 0) is 4.79 Å². The van der Waals surface area contributed by atoms with E-state index < -0.39 is 0 Å². The van der Waals surface area contributed by atoms with Crippen LogP contribution < -0.4 is 10.6 Å². The highest BCUT2D eigenvalue weighted by Crippen LogP contribution is 2.30. The fraction of sp³-hybridized carbons (Fsp3) is 0.429. The van der Waals surface area contributed by atoms with Gasteiger partial charge in [-0.25, -0.2) is 4.98 Å². The third-order valence-electron chi connectivity index (χ3n) is 3.70. The number of piperidine rings is 1. The van der Waals surface area contributed by atoms with Crippen molar-refractivity contribution in [3.63, 3.8) is 0 Å². The van der Waals surface area contributed by atoms with Gasteiger partial charge in [-0.15, -0.1) is 11.3 Å². The highest BCUT2D eigenvalue weighted by atomic mass is 32.1. The van der Waals surface area contributed by atoms with Gasteiger partial charge in [-0.3, -0.25) is 4.79 Å². The first kappa shape index (κ1) is 12.6. The molecular weight excluding hydrogens is 258 g/mol. The Kier molecular flexibility index (Phi) is 3.48. The molecule has 100 valence electrons. The molecule has 1 saturated heterocycles. The maximum Gasteiger partial charge on any atom is 0.272 e. The average Bonchev–Trinajstić information content (AvgIpc) is 2.82. The van der Waals surface area contributed by atoms with Crippen LogP contribution in [0.2, 0.25) is 0 Å². The molecule has 1 aliphatic rings. The minimum absolute atomic E-state index is 0.208. The second kappa shape index (κ2) is 5.27. The van der Waals surface area contributed by atoms with Gasteiger partial charge in [0.15, 0.2) is 6.54 Å². The number of rotatable bonds is 3. The highest BCUT2D eigenvalue weighted by Gasteiger charge is 2.27.